The van der Waals surface area contributed by atoms with Crippen molar-refractivity contribution in [1.29, 1.82) is 5.41 Å². The largest absolute Gasteiger partial charge is 0.366 e. The van der Waals surface area contributed by atoms with Crippen LogP contribution in [0.4, 0.5) is 10.1 Å². The van der Waals surface area contributed by atoms with Crippen LogP contribution < -0.4 is 4.90 Å². The van der Waals surface area contributed by atoms with Crippen LogP contribution >= 0.6 is 0 Å². The van der Waals surface area contributed by atoms with Gasteiger partial charge in [-0.2, -0.15) is 0 Å². The lowest BCUT2D eigenvalue weighted by atomic mass is 9.86. The van der Waals surface area contributed by atoms with E-state index in [1.54, 1.807) is 6.07 Å². The van der Waals surface area contributed by atoms with E-state index in [0.717, 1.165) is 31.7 Å². The second-order valence-corrected chi connectivity index (χ2v) is 7.60. The van der Waals surface area contributed by atoms with E-state index in [1.807, 2.05) is 24.3 Å². The van der Waals surface area contributed by atoms with Crippen LogP contribution in [0, 0.1) is 11.2 Å². The summed E-state index contributed by atoms with van der Waals surface area (Å²) in [5.74, 6) is 0.373. The van der Waals surface area contributed by atoms with Crippen molar-refractivity contribution in [3.8, 4) is 0 Å². The van der Waals surface area contributed by atoms with Gasteiger partial charge in [-0.3, -0.25) is 5.41 Å². The third kappa shape index (κ3) is 3.84. The van der Waals surface area contributed by atoms with E-state index in [-0.39, 0.29) is 11.2 Å². The van der Waals surface area contributed by atoms with E-state index in [0.29, 0.717) is 11.5 Å². The number of halogens is 1. The molecule has 1 aliphatic heterocycles. The Hall–Kier alpha value is -2.36. The fraction of sp³-hybridized carbons (Fsp3) is 0.381. The lowest BCUT2D eigenvalue weighted by Crippen LogP contribution is -2.49. The summed E-state index contributed by atoms with van der Waals surface area (Å²) in [6.07, 6.45) is 0. The number of hydrogen-bond donors (Lipinski definition) is 1. The number of amidine groups is 1. The van der Waals surface area contributed by atoms with Crippen LogP contribution in [-0.2, 0) is 5.41 Å². The van der Waals surface area contributed by atoms with Gasteiger partial charge in [-0.1, -0.05) is 57.2 Å². The van der Waals surface area contributed by atoms with E-state index >= 15 is 0 Å². The zero-order valence-corrected chi connectivity index (χ0v) is 15.2. The van der Waals surface area contributed by atoms with Gasteiger partial charge in [0.2, 0.25) is 0 Å². The molecule has 132 valence electrons. The van der Waals surface area contributed by atoms with E-state index in [4.69, 9.17) is 5.41 Å². The van der Waals surface area contributed by atoms with E-state index in [2.05, 4.69) is 42.7 Å². The van der Waals surface area contributed by atoms with Crippen LogP contribution in [0.5, 0.6) is 0 Å². The second-order valence-electron chi connectivity index (χ2n) is 7.60. The number of rotatable bonds is 2. The summed E-state index contributed by atoms with van der Waals surface area (Å²) in [5.41, 5.74) is 2.98. The minimum atomic E-state index is -0.177. The SMILES string of the molecule is CC(C)(C)c1ccc(C(=N)N2CCN(c3ccccc3F)CC2)cc1. The van der Waals surface area contributed by atoms with Crippen molar-refractivity contribution in [2.24, 2.45) is 0 Å². The van der Waals surface area contributed by atoms with Gasteiger partial charge < -0.3 is 9.80 Å². The molecule has 2 aromatic rings. The number of nitrogens with zero attached hydrogens (tertiary/aromatic N) is 2. The lowest BCUT2D eigenvalue weighted by Gasteiger charge is -2.37. The van der Waals surface area contributed by atoms with Crippen LogP contribution in [0.2, 0.25) is 0 Å². The van der Waals surface area contributed by atoms with Gasteiger partial charge in [0.25, 0.3) is 0 Å². The van der Waals surface area contributed by atoms with Crippen molar-refractivity contribution in [2.45, 2.75) is 26.2 Å². The van der Waals surface area contributed by atoms with Crippen LogP contribution in [0.1, 0.15) is 31.9 Å². The normalized spacial score (nSPS) is 15.4. The van der Waals surface area contributed by atoms with Gasteiger partial charge in [-0.15, -0.1) is 0 Å². The Balaban J connectivity index is 1.65. The third-order valence-electron chi connectivity index (χ3n) is 4.81. The maximum Gasteiger partial charge on any atom is 0.146 e. The summed E-state index contributed by atoms with van der Waals surface area (Å²) < 4.78 is 13.9. The van der Waals surface area contributed by atoms with Gasteiger partial charge in [-0.25, -0.2) is 4.39 Å². The fourth-order valence-electron chi connectivity index (χ4n) is 3.19. The standard InChI is InChI=1S/C21H26FN3/c1-21(2,3)17-10-8-16(9-11-17)20(23)25-14-12-24(13-15-25)19-7-5-4-6-18(19)22/h4-11,23H,12-15H2,1-3H3. The minimum absolute atomic E-state index is 0.117. The summed E-state index contributed by atoms with van der Waals surface area (Å²) >= 11 is 0. The second kappa shape index (κ2) is 6.87. The monoisotopic (exact) mass is 339 g/mol. The maximum absolute atomic E-state index is 13.9. The average Bonchev–Trinajstić information content (AvgIpc) is 2.61. The molecule has 1 aliphatic rings. The van der Waals surface area contributed by atoms with E-state index in [1.165, 1.54) is 11.6 Å². The van der Waals surface area contributed by atoms with Crippen molar-refractivity contribution >= 4 is 11.5 Å². The molecule has 0 spiro atoms. The summed E-state index contributed by atoms with van der Waals surface area (Å²) in [6.45, 7) is 9.48. The highest BCUT2D eigenvalue weighted by Crippen LogP contribution is 2.23. The lowest BCUT2D eigenvalue weighted by molar-refractivity contribution is 0.382. The number of para-hydroxylation sites is 1. The molecule has 0 saturated carbocycles. The summed E-state index contributed by atoms with van der Waals surface area (Å²) in [4.78, 5) is 4.13. The van der Waals surface area contributed by atoms with Gasteiger partial charge in [0.15, 0.2) is 0 Å². The fourth-order valence-corrected chi connectivity index (χ4v) is 3.19. The van der Waals surface area contributed by atoms with Crippen LogP contribution in [0.15, 0.2) is 48.5 Å². The Labute approximate surface area is 149 Å². The molecule has 3 rings (SSSR count). The quantitative estimate of drug-likeness (QED) is 0.654. The van der Waals surface area contributed by atoms with Crippen LogP contribution in [0.25, 0.3) is 0 Å². The molecule has 1 fully saturated rings. The van der Waals surface area contributed by atoms with Crippen molar-refractivity contribution < 1.29 is 4.39 Å². The molecule has 2 aromatic carbocycles. The zero-order chi connectivity index (χ0) is 18.0. The van der Waals surface area contributed by atoms with Gasteiger partial charge in [0.1, 0.15) is 11.7 Å². The first-order chi connectivity index (χ1) is 11.9. The average molecular weight is 339 g/mol. The molecule has 4 heteroatoms. The van der Waals surface area contributed by atoms with Crippen LogP contribution in [-0.4, -0.2) is 36.9 Å². The molecule has 0 radical (unpaired) electrons. The molecule has 3 nitrogen and oxygen atoms in total. The first kappa shape index (κ1) is 17.5. The smallest absolute Gasteiger partial charge is 0.146 e. The summed E-state index contributed by atoms with van der Waals surface area (Å²) in [7, 11) is 0. The van der Waals surface area contributed by atoms with E-state index in [9.17, 15) is 4.39 Å². The van der Waals surface area contributed by atoms with Crippen LogP contribution in [0.3, 0.4) is 0 Å². The summed E-state index contributed by atoms with van der Waals surface area (Å²) in [5, 5.41) is 8.50. The molecule has 0 bridgehead atoms. The molecule has 1 heterocycles. The molecule has 25 heavy (non-hydrogen) atoms. The van der Waals surface area contributed by atoms with Gasteiger partial charge in [-0.05, 0) is 23.1 Å². The molecule has 0 aromatic heterocycles. The highest BCUT2D eigenvalue weighted by Gasteiger charge is 2.22. The third-order valence-corrected chi connectivity index (χ3v) is 4.81. The highest BCUT2D eigenvalue weighted by molar-refractivity contribution is 5.96. The predicted molar refractivity (Wildman–Crippen MR) is 102 cm³/mol. The first-order valence-corrected chi connectivity index (χ1v) is 8.80. The topological polar surface area (TPSA) is 30.3 Å². The Morgan fingerprint density at radius 2 is 1.52 bits per heavy atom. The molecule has 0 amide bonds. The number of nitrogens with one attached hydrogen (secondary N) is 1. The zero-order valence-electron chi connectivity index (χ0n) is 15.2. The maximum atomic E-state index is 13.9. The van der Waals surface area contributed by atoms with Gasteiger partial charge in [0.05, 0.1) is 5.69 Å². The molecule has 1 N–H and O–H groups in total. The number of hydrogen-bond acceptors (Lipinski definition) is 2. The minimum Gasteiger partial charge on any atom is -0.366 e. The van der Waals surface area contributed by atoms with Crippen molar-refractivity contribution in [1.82, 2.24) is 4.90 Å². The molecule has 0 aliphatic carbocycles. The molecular weight excluding hydrogens is 313 g/mol. The van der Waals surface area contributed by atoms with Gasteiger partial charge in [0, 0.05) is 31.7 Å². The molecule has 1 saturated heterocycles. The highest BCUT2D eigenvalue weighted by atomic mass is 19.1. The summed E-state index contributed by atoms with van der Waals surface area (Å²) in [6, 6.07) is 15.2. The van der Waals surface area contributed by atoms with Crippen molar-refractivity contribution in [2.75, 3.05) is 31.1 Å². The Bertz CT molecular complexity index is 738. The Kier molecular flexibility index (Phi) is 4.80. The van der Waals surface area contributed by atoms with Crippen molar-refractivity contribution in [3.05, 3.63) is 65.5 Å². The predicted octanol–water partition coefficient (Wildman–Crippen LogP) is 4.27. The molecule has 0 unspecified atom stereocenters. The number of anilines is 1. The van der Waals surface area contributed by atoms with Gasteiger partial charge >= 0.3 is 0 Å². The first-order valence-electron chi connectivity index (χ1n) is 8.80. The Morgan fingerprint density at radius 3 is 2.08 bits per heavy atom. The van der Waals surface area contributed by atoms with Crippen molar-refractivity contribution in [3.63, 3.8) is 0 Å². The molecular formula is C21H26FN3. The number of piperazine rings is 1. The molecule has 0 atom stereocenters. The Morgan fingerprint density at radius 1 is 0.920 bits per heavy atom. The van der Waals surface area contributed by atoms with E-state index < -0.39 is 0 Å². The number of benzene rings is 2.